The standard InChI is InChI=1S/C16H22F3N7O/c1-11(2)9-20-14(27)10-24-5-7-25(8-6-24)13-4-3-12-21-22-15(16(17,18)19)26(12)23-13/h3-4,11H,5-10H2,1-2H3,(H,20,27). The molecule has 0 atom stereocenters. The van der Waals surface area contributed by atoms with E-state index >= 15 is 0 Å². The summed E-state index contributed by atoms with van der Waals surface area (Å²) >= 11 is 0. The Morgan fingerprint density at radius 3 is 2.52 bits per heavy atom. The molecule has 3 heterocycles. The van der Waals surface area contributed by atoms with Crippen molar-refractivity contribution in [2.24, 2.45) is 5.92 Å². The SMILES string of the molecule is CC(C)CNC(=O)CN1CCN(c2ccc3nnc(C(F)(F)F)n3n2)CC1. The summed E-state index contributed by atoms with van der Waals surface area (Å²) in [6, 6.07) is 3.10. The van der Waals surface area contributed by atoms with Crippen LogP contribution >= 0.6 is 0 Å². The number of carbonyl (C=O) groups excluding carboxylic acids is 1. The summed E-state index contributed by atoms with van der Waals surface area (Å²) in [7, 11) is 0. The molecule has 1 fully saturated rings. The van der Waals surface area contributed by atoms with Gasteiger partial charge in [-0.2, -0.15) is 17.7 Å². The average molecular weight is 385 g/mol. The number of hydrogen-bond donors (Lipinski definition) is 1. The Hall–Kier alpha value is -2.43. The van der Waals surface area contributed by atoms with Crippen LogP contribution in [0.25, 0.3) is 5.65 Å². The van der Waals surface area contributed by atoms with Crippen LogP contribution in [0, 0.1) is 5.92 Å². The van der Waals surface area contributed by atoms with E-state index in [1.165, 1.54) is 6.07 Å². The normalized spacial score (nSPS) is 16.3. The molecule has 0 aromatic carbocycles. The molecule has 0 saturated carbocycles. The van der Waals surface area contributed by atoms with Gasteiger partial charge in [-0.25, -0.2) is 0 Å². The quantitative estimate of drug-likeness (QED) is 0.829. The highest BCUT2D eigenvalue weighted by Crippen LogP contribution is 2.28. The zero-order valence-corrected chi connectivity index (χ0v) is 15.2. The maximum Gasteiger partial charge on any atom is 0.453 e. The Morgan fingerprint density at radius 1 is 1.19 bits per heavy atom. The molecule has 1 saturated heterocycles. The van der Waals surface area contributed by atoms with Crippen molar-refractivity contribution in [3.63, 3.8) is 0 Å². The van der Waals surface area contributed by atoms with Crippen molar-refractivity contribution < 1.29 is 18.0 Å². The molecule has 0 radical (unpaired) electrons. The molecule has 0 bridgehead atoms. The highest BCUT2D eigenvalue weighted by atomic mass is 19.4. The Balaban J connectivity index is 1.62. The van der Waals surface area contributed by atoms with Crippen molar-refractivity contribution in [3.05, 3.63) is 18.0 Å². The number of anilines is 1. The van der Waals surface area contributed by atoms with E-state index in [1.54, 1.807) is 6.07 Å². The largest absolute Gasteiger partial charge is 0.453 e. The van der Waals surface area contributed by atoms with Crippen LogP contribution in [0.2, 0.25) is 0 Å². The number of carbonyl (C=O) groups is 1. The highest BCUT2D eigenvalue weighted by Gasteiger charge is 2.37. The smallest absolute Gasteiger partial charge is 0.355 e. The summed E-state index contributed by atoms with van der Waals surface area (Å²) in [5.74, 6) is -0.335. The lowest BCUT2D eigenvalue weighted by molar-refractivity contribution is -0.146. The first-order chi connectivity index (χ1) is 12.7. The molecule has 27 heavy (non-hydrogen) atoms. The molecule has 1 aliphatic heterocycles. The van der Waals surface area contributed by atoms with Crippen LogP contribution in [0.4, 0.5) is 19.0 Å². The molecule has 1 amide bonds. The lowest BCUT2D eigenvalue weighted by atomic mass is 10.2. The van der Waals surface area contributed by atoms with Crippen LogP contribution < -0.4 is 10.2 Å². The predicted octanol–water partition coefficient (Wildman–Crippen LogP) is 1.04. The van der Waals surface area contributed by atoms with E-state index in [9.17, 15) is 18.0 Å². The fourth-order valence-corrected chi connectivity index (χ4v) is 2.84. The third-order valence-corrected chi connectivity index (χ3v) is 4.27. The van der Waals surface area contributed by atoms with Gasteiger partial charge in [0.2, 0.25) is 5.91 Å². The molecule has 0 spiro atoms. The van der Waals surface area contributed by atoms with Gasteiger partial charge in [0.1, 0.15) is 5.82 Å². The lowest BCUT2D eigenvalue weighted by Gasteiger charge is -2.34. The summed E-state index contributed by atoms with van der Waals surface area (Å²) < 4.78 is 39.7. The van der Waals surface area contributed by atoms with Crippen molar-refractivity contribution in [2.75, 3.05) is 44.2 Å². The fraction of sp³-hybridized carbons (Fsp3) is 0.625. The van der Waals surface area contributed by atoms with Gasteiger partial charge in [-0.1, -0.05) is 13.8 Å². The van der Waals surface area contributed by atoms with Crippen molar-refractivity contribution >= 4 is 17.4 Å². The van der Waals surface area contributed by atoms with Gasteiger partial charge >= 0.3 is 6.18 Å². The number of piperazine rings is 1. The van der Waals surface area contributed by atoms with E-state index in [2.05, 4.69) is 20.6 Å². The van der Waals surface area contributed by atoms with Gasteiger partial charge in [0.15, 0.2) is 5.65 Å². The molecular formula is C16H22F3N7O. The number of halogens is 3. The number of amides is 1. The molecule has 0 aliphatic carbocycles. The van der Waals surface area contributed by atoms with Gasteiger partial charge in [-0.3, -0.25) is 9.69 Å². The molecule has 2 aromatic heterocycles. The summed E-state index contributed by atoms with van der Waals surface area (Å²) in [5, 5.41) is 13.6. The first kappa shape index (κ1) is 19.3. The van der Waals surface area contributed by atoms with Crippen molar-refractivity contribution in [1.29, 1.82) is 0 Å². The molecule has 1 aliphatic rings. The Bertz CT molecular complexity index is 797. The van der Waals surface area contributed by atoms with Gasteiger partial charge in [0, 0.05) is 32.7 Å². The fourth-order valence-electron chi connectivity index (χ4n) is 2.84. The third-order valence-electron chi connectivity index (χ3n) is 4.27. The van der Waals surface area contributed by atoms with Crippen LogP contribution in [0.3, 0.4) is 0 Å². The number of nitrogens with one attached hydrogen (secondary N) is 1. The Kier molecular flexibility index (Phi) is 5.49. The highest BCUT2D eigenvalue weighted by molar-refractivity contribution is 5.78. The Labute approximate surface area is 154 Å². The van der Waals surface area contributed by atoms with Crippen LogP contribution in [0.5, 0.6) is 0 Å². The second-order valence-corrected chi connectivity index (χ2v) is 6.94. The van der Waals surface area contributed by atoms with Gasteiger partial charge in [-0.05, 0) is 18.1 Å². The van der Waals surface area contributed by atoms with Crippen molar-refractivity contribution in [2.45, 2.75) is 20.0 Å². The summed E-state index contributed by atoms with van der Waals surface area (Å²) in [5.41, 5.74) is 0.0477. The van der Waals surface area contributed by atoms with Crippen LogP contribution in [-0.2, 0) is 11.0 Å². The number of nitrogens with zero attached hydrogens (tertiary/aromatic N) is 6. The Morgan fingerprint density at radius 2 is 1.89 bits per heavy atom. The zero-order chi connectivity index (χ0) is 19.6. The molecule has 1 N–H and O–H groups in total. The zero-order valence-electron chi connectivity index (χ0n) is 15.2. The predicted molar refractivity (Wildman–Crippen MR) is 92.3 cm³/mol. The van der Waals surface area contributed by atoms with Crippen LogP contribution in [0.1, 0.15) is 19.7 Å². The molecular weight excluding hydrogens is 363 g/mol. The average Bonchev–Trinajstić information content (AvgIpc) is 3.04. The maximum atomic E-state index is 13.0. The molecule has 2 aromatic rings. The minimum atomic E-state index is -4.62. The summed E-state index contributed by atoms with van der Waals surface area (Å²) in [4.78, 5) is 15.8. The number of hydrogen-bond acceptors (Lipinski definition) is 6. The van der Waals surface area contributed by atoms with Crippen molar-refractivity contribution in [3.8, 4) is 0 Å². The number of alkyl halides is 3. The van der Waals surface area contributed by atoms with Crippen LogP contribution in [0.15, 0.2) is 12.1 Å². The molecule has 0 unspecified atom stereocenters. The minimum Gasteiger partial charge on any atom is -0.355 e. The first-order valence-electron chi connectivity index (χ1n) is 8.77. The second-order valence-electron chi connectivity index (χ2n) is 6.94. The second kappa shape index (κ2) is 7.67. The van der Waals surface area contributed by atoms with Gasteiger partial charge < -0.3 is 10.2 Å². The van der Waals surface area contributed by atoms with E-state index in [-0.39, 0.29) is 11.6 Å². The molecule has 148 valence electrons. The summed E-state index contributed by atoms with van der Waals surface area (Å²) in [6.45, 7) is 7.41. The first-order valence-corrected chi connectivity index (χ1v) is 8.77. The van der Waals surface area contributed by atoms with E-state index in [1.807, 2.05) is 23.6 Å². The third kappa shape index (κ3) is 4.65. The van der Waals surface area contributed by atoms with E-state index in [4.69, 9.17) is 0 Å². The number of aromatic nitrogens is 4. The van der Waals surface area contributed by atoms with E-state index in [0.29, 0.717) is 51.0 Å². The minimum absolute atomic E-state index is 0.0176. The molecule has 11 heteroatoms. The van der Waals surface area contributed by atoms with E-state index < -0.39 is 12.0 Å². The van der Waals surface area contributed by atoms with Crippen LogP contribution in [-0.4, -0.2) is 69.9 Å². The van der Waals surface area contributed by atoms with Gasteiger partial charge in [0.05, 0.1) is 6.54 Å². The number of rotatable bonds is 5. The topological polar surface area (TPSA) is 78.7 Å². The van der Waals surface area contributed by atoms with Gasteiger partial charge in [0.25, 0.3) is 5.82 Å². The van der Waals surface area contributed by atoms with Crippen molar-refractivity contribution in [1.82, 2.24) is 30.0 Å². The summed E-state index contributed by atoms with van der Waals surface area (Å²) in [6.07, 6.45) is -4.62. The molecule has 8 nitrogen and oxygen atoms in total. The number of fused-ring (bicyclic) bond motifs is 1. The lowest BCUT2D eigenvalue weighted by Crippen LogP contribution is -2.50. The van der Waals surface area contributed by atoms with E-state index in [0.717, 1.165) is 4.52 Å². The molecule has 3 rings (SSSR count). The van der Waals surface area contributed by atoms with Gasteiger partial charge in [-0.15, -0.1) is 15.3 Å². The maximum absolute atomic E-state index is 13.0. The monoisotopic (exact) mass is 385 g/mol.